The molecule has 1 saturated heterocycles. The van der Waals surface area contributed by atoms with E-state index >= 15 is 0 Å². The molecule has 1 aliphatic rings. The standard InChI is InChI=1S/C22H21N3O2/c23-13-17-6-7-21-19(12-17)20(14-24-21)18-8-10-25(11-9-18)22(26)27-15-16-4-2-1-3-5-16/h1-7,12,14,18,24H,8-11,15H2. The summed E-state index contributed by atoms with van der Waals surface area (Å²) in [5, 5.41) is 10.3. The van der Waals surface area contributed by atoms with E-state index < -0.39 is 0 Å². The van der Waals surface area contributed by atoms with Gasteiger partial charge in [-0.3, -0.25) is 0 Å². The predicted molar refractivity (Wildman–Crippen MR) is 103 cm³/mol. The van der Waals surface area contributed by atoms with Gasteiger partial charge in [-0.25, -0.2) is 4.79 Å². The fraction of sp³-hybridized carbons (Fsp3) is 0.273. The molecule has 0 aliphatic carbocycles. The second-order valence-corrected chi connectivity index (χ2v) is 6.92. The molecule has 0 atom stereocenters. The smallest absolute Gasteiger partial charge is 0.410 e. The minimum Gasteiger partial charge on any atom is -0.445 e. The molecule has 1 amide bonds. The first kappa shape index (κ1) is 17.2. The first-order chi connectivity index (χ1) is 13.2. The molecule has 3 aromatic rings. The van der Waals surface area contributed by atoms with Crippen molar-refractivity contribution in [2.24, 2.45) is 0 Å². The van der Waals surface area contributed by atoms with E-state index in [0.29, 0.717) is 31.2 Å². The van der Waals surface area contributed by atoms with Crippen molar-refractivity contribution in [3.05, 3.63) is 71.4 Å². The third-order valence-electron chi connectivity index (χ3n) is 5.24. The third-order valence-corrected chi connectivity index (χ3v) is 5.24. The van der Waals surface area contributed by atoms with Crippen molar-refractivity contribution in [2.75, 3.05) is 13.1 Å². The zero-order chi connectivity index (χ0) is 18.6. The lowest BCUT2D eigenvalue weighted by Gasteiger charge is -2.31. The highest BCUT2D eigenvalue weighted by atomic mass is 16.6. The Bertz CT molecular complexity index is 980. The van der Waals surface area contributed by atoms with Crippen molar-refractivity contribution < 1.29 is 9.53 Å². The lowest BCUT2D eigenvalue weighted by Crippen LogP contribution is -2.38. The molecule has 1 aromatic heterocycles. The first-order valence-corrected chi connectivity index (χ1v) is 9.21. The lowest BCUT2D eigenvalue weighted by molar-refractivity contribution is 0.0871. The Morgan fingerprint density at radius 1 is 1.19 bits per heavy atom. The molecule has 0 unspecified atom stereocenters. The summed E-state index contributed by atoms with van der Waals surface area (Å²) in [5.74, 6) is 0.380. The number of ether oxygens (including phenoxy) is 1. The summed E-state index contributed by atoms with van der Waals surface area (Å²) in [4.78, 5) is 17.4. The van der Waals surface area contributed by atoms with Gasteiger partial charge in [-0.1, -0.05) is 30.3 Å². The summed E-state index contributed by atoms with van der Waals surface area (Å²) in [7, 11) is 0. The maximum Gasteiger partial charge on any atom is 0.410 e. The van der Waals surface area contributed by atoms with E-state index in [1.54, 1.807) is 4.90 Å². The van der Waals surface area contributed by atoms with Gasteiger partial charge in [0, 0.05) is 30.2 Å². The van der Waals surface area contributed by atoms with E-state index in [1.807, 2.05) is 54.7 Å². The van der Waals surface area contributed by atoms with Crippen LogP contribution < -0.4 is 0 Å². The number of likely N-dealkylation sites (tertiary alicyclic amines) is 1. The number of hydrogen-bond acceptors (Lipinski definition) is 3. The maximum atomic E-state index is 12.3. The van der Waals surface area contributed by atoms with Gasteiger partial charge >= 0.3 is 6.09 Å². The predicted octanol–water partition coefficient (Wildman–Crippen LogP) is 4.56. The summed E-state index contributed by atoms with van der Waals surface area (Å²) in [6.45, 7) is 1.67. The monoisotopic (exact) mass is 359 g/mol. The number of rotatable bonds is 3. The molecule has 2 heterocycles. The minimum atomic E-state index is -0.247. The van der Waals surface area contributed by atoms with Crippen molar-refractivity contribution in [3.8, 4) is 6.07 Å². The van der Waals surface area contributed by atoms with Crippen LogP contribution >= 0.6 is 0 Å². The van der Waals surface area contributed by atoms with Gasteiger partial charge in [-0.15, -0.1) is 0 Å². The molecule has 0 saturated carbocycles. The number of aromatic nitrogens is 1. The summed E-state index contributed by atoms with van der Waals surface area (Å²) in [6, 6.07) is 17.7. The topological polar surface area (TPSA) is 69.1 Å². The van der Waals surface area contributed by atoms with Crippen LogP contribution in [0.25, 0.3) is 10.9 Å². The van der Waals surface area contributed by atoms with Crippen molar-refractivity contribution in [1.82, 2.24) is 9.88 Å². The van der Waals surface area contributed by atoms with Gasteiger partial charge in [-0.2, -0.15) is 5.26 Å². The van der Waals surface area contributed by atoms with Crippen molar-refractivity contribution >= 4 is 17.0 Å². The molecule has 0 bridgehead atoms. The molecule has 1 N–H and O–H groups in total. The number of nitrogens with zero attached hydrogens (tertiary/aromatic N) is 2. The fourth-order valence-electron chi connectivity index (χ4n) is 3.73. The lowest BCUT2D eigenvalue weighted by atomic mass is 9.89. The van der Waals surface area contributed by atoms with E-state index in [9.17, 15) is 4.79 Å². The van der Waals surface area contributed by atoms with Gasteiger partial charge in [0.1, 0.15) is 6.61 Å². The molecular formula is C22H21N3O2. The van der Waals surface area contributed by atoms with Crippen LogP contribution in [-0.4, -0.2) is 29.1 Å². The second kappa shape index (κ2) is 7.55. The Morgan fingerprint density at radius 3 is 2.70 bits per heavy atom. The number of nitriles is 1. The molecule has 2 aromatic carbocycles. The van der Waals surface area contributed by atoms with Crippen LogP contribution in [-0.2, 0) is 11.3 Å². The Hall–Kier alpha value is -3.26. The molecule has 1 aliphatic heterocycles. The minimum absolute atomic E-state index is 0.247. The Labute approximate surface area is 158 Å². The second-order valence-electron chi connectivity index (χ2n) is 6.92. The molecule has 5 heteroatoms. The van der Waals surface area contributed by atoms with E-state index in [4.69, 9.17) is 10.00 Å². The number of piperidine rings is 1. The SMILES string of the molecule is N#Cc1ccc2[nH]cc(C3CCN(C(=O)OCc4ccccc4)CC3)c2c1. The number of carbonyl (C=O) groups excluding carboxylic acids is 1. The average molecular weight is 359 g/mol. The molecular weight excluding hydrogens is 338 g/mol. The highest BCUT2D eigenvalue weighted by Crippen LogP contribution is 2.33. The van der Waals surface area contributed by atoms with Gasteiger partial charge in [0.15, 0.2) is 0 Å². The van der Waals surface area contributed by atoms with Crippen LogP contribution in [0.1, 0.15) is 35.4 Å². The van der Waals surface area contributed by atoms with E-state index in [2.05, 4.69) is 11.1 Å². The van der Waals surface area contributed by atoms with Gasteiger partial charge in [0.05, 0.1) is 11.6 Å². The van der Waals surface area contributed by atoms with Crippen LogP contribution in [0.2, 0.25) is 0 Å². The number of H-pyrrole nitrogens is 1. The number of hydrogen-bond donors (Lipinski definition) is 1. The molecule has 1 fully saturated rings. The number of amides is 1. The number of nitrogens with one attached hydrogen (secondary N) is 1. The Kier molecular flexibility index (Phi) is 4.80. The van der Waals surface area contributed by atoms with E-state index in [1.165, 1.54) is 5.56 Å². The van der Waals surface area contributed by atoms with Gasteiger partial charge in [-0.05, 0) is 48.1 Å². The summed E-state index contributed by atoms with van der Waals surface area (Å²) in [6.07, 6.45) is 3.58. The molecule has 5 nitrogen and oxygen atoms in total. The van der Waals surface area contributed by atoms with Crippen LogP contribution in [0, 0.1) is 11.3 Å². The molecule has 136 valence electrons. The number of carbonyl (C=O) groups is 1. The fourth-order valence-corrected chi connectivity index (χ4v) is 3.73. The number of aromatic amines is 1. The van der Waals surface area contributed by atoms with Gasteiger partial charge in [0.25, 0.3) is 0 Å². The normalized spacial score (nSPS) is 14.9. The van der Waals surface area contributed by atoms with Crippen LogP contribution in [0.3, 0.4) is 0 Å². The van der Waals surface area contributed by atoms with Crippen molar-refractivity contribution in [3.63, 3.8) is 0 Å². The third kappa shape index (κ3) is 3.65. The molecule has 0 radical (unpaired) electrons. The Balaban J connectivity index is 1.37. The molecule has 27 heavy (non-hydrogen) atoms. The van der Waals surface area contributed by atoms with Crippen molar-refractivity contribution in [1.29, 1.82) is 5.26 Å². The van der Waals surface area contributed by atoms with Gasteiger partial charge in [0.2, 0.25) is 0 Å². The van der Waals surface area contributed by atoms with E-state index in [-0.39, 0.29) is 6.09 Å². The zero-order valence-electron chi connectivity index (χ0n) is 15.0. The van der Waals surface area contributed by atoms with E-state index in [0.717, 1.165) is 29.3 Å². The summed E-state index contributed by atoms with van der Waals surface area (Å²) in [5.41, 5.74) is 3.95. The average Bonchev–Trinajstić information content (AvgIpc) is 3.16. The zero-order valence-corrected chi connectivity index (χ0v) is 15.0. The molecule has 4 rings (SSSR count). The highest BCUT2D eigenvalue weighted by molar-refractivity contribution is 5.85. The molecule has 0 spiro atoms. The van der Waals surface area contributed by atoms with Crippen LogP contribution in [0.4, 0.5) is 4.79 Å². The van der Waals surface area contributed by atoms with Crippen molar-refractivity contribution in [2.45, 2.75) is 25.4 Å². The first-order valence-electron chi connectivity index (χ1n) is 9.21. The summed E-state index contributed by atoms with van der Waals surface area (Å²) < 4.78 is 5.44. The highest BCUT2D eigenvalue weighted by Gasteiger charge is 2.26. The summed E-state index contributed by atoms with van der Waals surface area (Å²) >= 11 is 0. The number of fused-ring (bicyclic) bond motifs is 1. The Morgan fingerprint density at radius 2 is 1.96 bits per heavy atom. The van der Waals surface area contributed by atoms with Crippen LogP contribution in [0.15, 0.2) is 54.7 Å². The maximum absolute atomic E-state index is 12.3. The van der Waals surface area contributed by atoms with Gasteiger partial charge < -0.3 is 14.6 Å². The largest absolute Gasteiger partial charge is 0.445 e. The number of benzene rings is 2. The van der Waals surface area contributed by atoms with Crippen LogP contribution in [0.5, 0.6) is 0 Å². The quantitative estimate of drug-likeness (QED) is 0.745.